The van der Waals surface area contributed by atoms with E-state index in [4.69, 9.17) is 9.47 Å². The molecule has 1 aromatic carbocycles. The van der Waals surface area contributed by atoms with E-state index in [2.05, 4.69) is 20.9 Å². The van der Waals surface area contributed by atoms with Gasteiger partial charge in [-0.25, -0.2) is 4.79 Å². The molecule has 2 rings (SSSR count). The third kappa shape index (κ3) is 3.29. The van der Waals surface area contributed by atoms with E-state index in [1.54, 1.807) is 21.0 Å². The van der Waals surface area contributed by atoms with E-state index in [-0.39, 0.29) is 5.78 Å². The molecular formula is C18H20BrNO4. The SMILES string of the molecule is COC(=O)C1=C(C)N=C(C)C(C(C)=O)[C@@H]1c1cc(Br)ccc1OC. The van der Waals surface area contributed by atoms with E-state index in [1.165, 1.54) is 14.0 Å². The predicted molar refractivity (Wildman–Crippen MR) is 95.4 cm³/mol. The number of carbonyl (C=O) groups excluding carboxylic acids is 2. The number of halogens is 1. The lowest BCUT2D eigenvalue weighted by atomic mass is 9.73. The number of methoxy groups -OCH3 is 2. The Morgan fingerprint density at radius 2 is 1.88 bits per heavy atom. The summed E-state index contributed by atoms with van der Waals surface area (Å²) in [7, 11) is 2.89. The maximum absolute atomic E-state index is 12.4. The number of rotatable bonds is 4. The van der Waals surface area contributed by atoms with Crippen LogP contribution in [0.4, 0.5) is 0 Å². The van der Waals surface area contributed by atoms with Gasteiger partial charge in [0.2, 0.25) is 0 Å². The predicted octanol–water partition coefficient (Wildman–Crippen LogP) is 3.67. The second kappa shape index (κ2) is 7.30. The van der Waals surface area contributed by atoms with Crippen molar-refractivity contribution in [2.75, 3.05) is 14.2 Å². The van der Waals surface area contributed by atoms with Gasteiger partial charge in [-0.15, -0.1) is 0 Å². The van der Waals surface area contributed by atoms with Crippen molar-refractivity contribution < 1.29 is 19.1 Å². The Kier molecular flexibility index (Phi) is 5.59. The van der Waals surface area contributed by atoms with Crippen molar-refractivity contribution in [1.29, 1.82) is 0 Å². The van der Waals surface area contributed by atoms with Crippen LogP contribution in [0.3, 0.4) is 0 Å². The number of allylic oxidation sites excluding steroid dienone is 1. The van der Waals surface area contributed by atoms with Gasteiger partial charge in [-0.1, -0.05) is 15.9 Å². The molecule has 1 heterocycles. The number of hydrogen-bond acceptors (Lipinski definition) is 5. The number of Topliss-reactive ketones (excluding diaryl/α,β-unsaturated/α-hetero) is 1. The second-order valence-electron chi connectivity index (χ2n) is 5.70. The topological polar surface area (TPSA) is 65.0 Å². The normalized spacial score (nSPS) is 20.5. The Balaban J connectivity index is 2.77. The van der Waals surface area contributed by atoms with E-state index >= 15 is 0 Å². The smallest absolute Gasteiger partial charge is 0.336 e. The minimum atomic E-state index is -0.536. The fraction of sp³-hybridized carbons (Fsp3) is 0.389. The van der Waals surface area contributed by atoms with Gasteiger partial charge in [0.1, 0.15) is 11.5 Å². The highest BCUT2D eigenvalue weighted by Crippen LogP contribution is 2.44. The summed E-state index contributed by atoms with van der Waals surface area (Å²) in [6, 6.07) is 5.53. The molecule has 0 saturated carbocycles. The van der Waals surface area contributed by atoms with Crippen molar-refractivity contribution in [2.45, 2.75) is 26.7 Å². The summed E-state index contributed by atoms with van der Waals surface area (Å²) in [4.78, 5) is 29.2. The number of nitrogens with zero attached hydrogens (tertiary/aromatic N) is 1. The molecule has 1 unspecified atom stereocenters. The Labute approximate surface area is 149 Å². The molecule has 0 amide bonds. The van der Waals surface area contributed by atoms with Crippen LogP contribution in [0.15, 0.2) is 38.9 Å². The zero-order chi connectivity index (χ0) is 18.0. The fourth-order valence-corrected chi connectivity index (χ4v) is 3.60. The van der Waals surface area contributed by atoms with Crippen LogP contribution in [0.5, 0.6) is 5.75 Å². The summed E-state index contributed by atoms with van der Waals surface area (Å²) in [5.41, 5.74) is 2.38. The van der Waals surface area contributed by atoms with Gasteiger partial charge in [-0.2, -0.15) is 0 Å². The molecule has 0 radical (unpaired) electrons. The van der Waals surface area contributed by atoms with E-state index in [1.807, 2.05) is 18.2 Å². The quantitative estimate of drug-likeness (QED) is 0.731. The lowest BCUT2D eigenvalue weighted by Crippen LogP contribution is -2.34. The highest BCUT2D eigenvalue weighted by atomic mass is 79.9. The molecule has 0 saturated heterocycles. The van der Waals surface area contributed by atoms with Gasteiger partial charge in [-0.3, -0.25) is 9.79 Å². The molecule has 0 aliphatic carbocycles. The molecule has 2 atom stereocenters. The number of ether oxygens (including phenoxy) is 2. The molecule has 1 aliphatic heterocycles. The molecule has 0 bridgehead atoms. The zero-order valence-corrected chi connectivity index (χ0v) is 15.9. The van der Waals surface area contributed by atoms with Gasteiger partial charge in [0, 0.05) is 27.4 Å². The molecule has 128 valence electrons. The average molecular weight is 394 g/mol. The molecular weight excluding hydrogens is 374 g/mol. The number of hydrogen-bond donors (Lipinski definition) is 0. The summed E-state index contributed by atoms with van der Waals surface area (Å²) in [6.07, 6.45) is 0. The molecule has 0 fully saturated rings. The standard InChI is InChI=1S/C18H20BrNO4/c1-9-15(11(3)21)17(16(10(2)20-9)18(22)24-5)13-8-12(19)6-7-14(13)23-4/h6-8,15,17H,1-5H3/t15?,17-/m0/s1. The number of benzene rings is 1. The maximum atomic E-state index is 12.4. The molecule has 0 N–H and O–H groups in total. The molecule has 0 aromatic heterocycles. The van der Waals surface area contributed by atoms with Crippen molar-refractivity contribution in [3.63, 3.8) is 0 Å². The molecule has 0 spiro atoms. The van der Waals surface area contributed by atoms with Crippen LogP contribution in [-0.4, -0.2) is 31.7 Å². The Morgan fingerprint density at radius 3 is 2.42 bits per heavy atom. The molecule has 6 heteroatoms. The van der Waals surface area contributed by atoms with E-state index < -0.39 is 17.8 Å². The summed E-state index contributed by atoms with van der Waals surface area (Å²) < 4.78 is 11.3. The van der Waals surface area contributed by atoms with Crippen molar-refractivity contribution in [3.8, 4) is 5.75 Å². The highest BCUT2D eigenvalue weighted by Gasteiger charge is 2.41. The van der Waals surface area contributed by atoms with Crippen LogP contribution in [0, 0.1) is 5.92 Å². The van der Waals surface area contributed by atoms with Crippen LogP contribution < -0.4 is 4.74 Å². The van der Waals surface area contributed by atoms with Gasteiger partial charge in [0.25, 0.3) is 0 Å². The molecule has 5 nitrogen and oxygen atoms in total. The van der Waals surface area contributed by atoms with Crippen molar-refractivity contribution in [1.82, 2.24) is 0 Å². The average Bonchev–Trinajstić information content (AvgIpc) is 2.52. The second-order valence-corrected chi connectivity index (χ2v) is 6.61. The first kappa shape index (κ1) is 18.4. The van der Waals surface area contributed by atoms with Crippen LogP contribution in [0.2, 0.25) is 0 Å². The summed E-state index contributed by atoms with van der Waals surface area (Å²) in [6.45, 7) is 5.07. The number of esters is 1. The van der Waals surface area contributed by atoms with Gasteiger partial charge < -0.3 is 9.47 Å². The highest BCUT2D eigenvalue weighted by molar-refractivity contribution is 9.10. The van der Waals surface area contributed by atoms with Crippen LogP contribution in [-0.2, 0) is 14.3 Å². The summed E-state index contributed by atoms with van der Waals surface area (Å²) in [5.74, 6) is -0.969. The Hall–Kier alpha value is -1.95. The number of carbonyl (C=O) groups is 2. The van der Waals surface area contributed by atoms with Gasteiger partial charge in [0.15, 0.2) is 0 Å². The van der Waals surface area contributed by atoms with Gasteiger partial charge in [-0.05, 0) is 39.0 Å². The third-order valence-corrected chi connectivity index (χ3v) is 4.69. The zero-order valence-electron chi connectivity index (χ0n) is 14.3. The van der Waals surface area contributed by atoms with Gasteiger partial charge in [0.05, 0.1) is 25.7 Å². The van der Waals surface area contributed by atoms with Crippen molar-refractivity contribution in [3.05, 3.63) is 39.5 Å². The summed E-state index contributed by atoms with van der Waals surface area (Å²) in [5, 5.41) is 0. The first-order chi connectivity index (χ1) is 11.3. The first-order valence-corrected chi connectivity index (χ1v) is 8.29. The maximum Gasteiger partial charge on any atom is 0.336 e. The van der Waals surface area contributed by atoms with E-state index in [9.17, 15) is 9.59 Å². The number of ketones is 1. The first-order valence-electron chi connectivity index (χ1n) is 7.50. The fourth-order valence-electron chi connectivity index (χ4n) is 3.22. The number of aliphatic imine (C=N–C) groups is 1. The van der Waals surface area contributed by atoms with Crippen LogP contribution in [0.25, 0.3) is 0 Å². The minimum absolute atomic E-state index is 0.0582. The van der Waals surface area contributed by atoms with Crippen molar-refractivity contribution in [2.24, 2.45) is 10.9 Å². The lowest BCUT2D eigenvalue weighted by Gasteiger charge is -2.32. The minimum Gasteiger partial charge on any atom is -0.496 e. The van der Waals surface area contributed by atoms with Crippen LogP contribution in [0.1, 0.15) is 32.3 Å². The molecule has 1 aromatic rings. The summed E-state index contributed by atoms with van der Waals surface area (Å²) >= 11 is 3.45. The van der Waals surface area contributed by atoms with Crippen molar-refractivity contribution >= 4 is 33.4 Å². The largest absolute Gasteiger partial charge is 0.496 e. The van der Waals surface area contributed by atoms with Gasteiger partial charge >= 0.3 is 5.97 Å². The van der Waals surface area contributed by atoms with E-state index in [0.29, 0.717) is 22.7 Å². The third-order valence-electron chi connectivity index (χ3n) is 4.20. The molecule has 1 aliphatic rings. The Bertz CT molecular complexity index is 751. The van der Waals surface area contributed by atoms with Crippen LogP contribution >= 0.6 is 15.9 Å². The Morgan fingerprint density at radius 1 is 1.21 bits per heavy atom. The lowest BCUT2D eigenvalue weighted by molar-refractivity contribution is -0.136. The van der Waals surface area contributed by atoms with E-state index in [0.717, 1.165) is 10.0 Å². The molecule has 24 heavy (non-hydrogen) atoms. The monoisotopic (exact) mass is 393 g/mol.